The second kappa shape index (κ2) is 10.5. The molecule has 1 aromatic carbocycles. The number of amides is 2. The lowest BCUT2D eigenvalue weighted by molar-refractivity contribution is -0.121. The Kier molecular flexibility index (Phi) is 7.52. The summed E-state index contributed by atoms with van der Waals surface area (Å²) in [6, 6.07) is 11.4. The quantitative estimate of drug-likeness (QED) is 0.521. The Morgan fingerprint density at radius 2 is 2.03 bits per heavy atom. The molecule has 0 aliphatic heterocycles. The summed E-state index contributed by atoms with van der Waals surface area (Å²) in [6.07, 6.45) is 2.87. The molecule has 0 radical (unpaired) electrons. The van der Waals surface area contributed by atoms with Crippen molar-refractivity contribution in [2.75, 3.05) is 5.32 Å². The van der Waals surface area contributed by atoms with E-state index in [9.17, 15) is 9.59 Å². The van der Waals surface area contributed by atoms with Crippen molar-refractivity contribution in [2.24, 2.45) is 0 Å². The molecule has 0 atom stereocenters. The second-order valence-electron chi connectivity index (χ2n) is 6.62. The third-order valence-corrected chi connectivity index (χ3v) is 5.05. The molecular formula is C21H24N4O3S. The van der Waals surface area contributed by atoms with Gasteiger partial charge in [0, 0.05) is 31.5 Å². The molecule has 0 aliphatic rings. The minimum absolute atomic E-state index is 0.00283. The summed E-state index contributed by atoms with van der Waals surface area (Å²) in [5.74, 6) is 1.09. The van der Waals surface area contributed by atoms with Crippen LogP contribution in [0.15, 0.2) is 46.3 Å². The van der Waals surface area contributed by atoms with Gasteiger partial charge in [0.1, 0.15) is 0 Å². The number of anilines is 1. The first-order valence-electron chi connectivity index (χ1n) is 9.66. The maximum atomic E-state index is 12.1. The number of hydrogen-bond acceptors (Lipinski definition) is 6. The lowest BCUT2D eigenvalue weighted by Gasteiger charge is -2.08. The highest BCUT2D eigenvalue weighted by molar-refractivity contribution is 7.13. The molecule has 3 rings (SSSR count). The molecule has 0 spiro atoms. The van der Waals surface area contributed by atoms with Crippen LogP contribution in [0.1, 0.15) is 44.1 Å². The summed E-state index contributed by atoms with van der Waals surface area (Å²) in [5, 5.41) is 11.7. The Bertz CT molecular complexity index is 937. The molecule has 152 valence electrons. The molecule has 0 fully saturated rings. The summed E-state index contributed by atoms with van der Waals surface area (Å²) in [5.41, 5.74) is 1.68. The average molecular weight is 413 g/mol. The highest BCUT2D eigenvalue weighted by Gasteiger charge is 2.10. The summed E-state index contributed by atoms with van der Waals surface area (Å²) in [6.45, 7) is 2.38. The minimum Gasteiger partial charge on any atom is -0.352 e. The zero-order valence-corrected chi connectivity index (χ0v) is 17.1. The smallest absolute Gasteiger partial charge is 0.226 e. The van der Waals surface area contributed by atoms with E-state index >= 15 is 0 Å². The second-order valence-corrected chi connectivity index (χ2v) is 7.57. The minimum atomic E-state index is -0.0385. The molecule has 29 heavy (non-hydrogen) atoms. The number of hydrogen-bond donors (Lipinski definition) is 2. The van der Waals surface area contributed by atoms with E-state index in [-0.39, 0.29) is 11.8 Å². The van der Waals surface area contributed by atoms with Crippen molar-refractivity contribution in [2.45, 2.75) is 45.6 Å². The van der Waals surface area contributed by atoms with E-state index in [1.54, 1.807) is 11.3 Å². The van der Waals surface area contributed by atoms with Crippen LogP contribution >= 0.6 is 11.3 Å². The average Bonchev–Trinajstić information content (AvgIpc) is 3.39. The van der Waals surface area contributed by atoms with Gasteiger partial charge in [-0.2, -0.15) is 4.98 Å². The van der Waals surface area contributed by atoms with E-state index in [0.29, 0.717) is 43.9 Å². The number of benzene rings is 1. The van der Waals surface area contributed by atoms with Crippen LogP contribution in [-0.2, 0) is 22.6 Å². The fraction of sp³-hybridized carbons (Fsp3) is 0.333. The first-order chi connectivity index (χ1) is 14.1. The Labute approximate surface area is 173 Å². The van der Waals surface area contributed by atoms with Gasteiger partial charge in [-0.3, -0.25) is 9.59 Å². The Hall–Kier alpha value is -3.00. The highest BCUT2D eigenvalue weighted by Crippen LogP contribution is 2.21. The number of carbonyl (C=O) groups excluding carboxylic acids is 2. The van der Waals surface area contributed by atoms with Crippen molar-refractivity contribution in [3.8, 4) is 10.7 Å². The van der Waals surface area contributed by atoms with Crippen molar-refractivity contribution < 1.29 is 14.1 Å². The summed E-state index contributed by atoms with van der Waals surface area (Å²) < 4.78 is 5.24. The Morgan fingerprint density at radius 1 is 1.14 bits per heavy atom. The zero-order valence-electron chi connectivity index (χ0n) is 16.3. The van der Waals surface area contributed by atoms with E-state index in [2.05, 4.69) is 20.8 Å². The summed E-state index contributed by atoms with van der Waals surface area (Å²) in [4.78, 5) is 29.1. The van der Waals surface area contributed by atoms with E-state index in [0.717, 1.165) is 22.5 Å². The molecule has 0 bridgehead atoms. The van der Waals surface area contributed by atoms with Crippen LogP contribution in [0, 0.1) is 0 Å². The predicted octanol–water partition coefficient (Wildman–Crippen LogP) is 4.18. The van der Waals surface area contributed by atoms with Crippen LogP contribution in [-0.4, -0.2) is 22.0 Å². The number of aromatic nitrogens is 2. The predicted molar refractivity (Wildman–Crippen MR) is 112 cm³/mol. The topological polar surface area (TPSA) is 97.1 Å². The third-order valence-electron chi connectivity index (χ3n) is 4.18. The number of rotatable bonds is 10. The molecule has 8 heteroatoms. The number of carbonyl (C=O) groups is 2. The molecule has 2 aromatic heterocycles. The summed E-state index contributed by atoms with van der Waals surface area (Å²) >= 11 is 1.56. The molecule has 0 aliphatic carbocycles. The van der Waals surface area contributed by atoms with E-state index in [1.165, 1.54) is 0 Å². The fourth-order valence-corrected chi connectivity index (χ4v) is 3.41. The van der Waals surface area contributed by atoms with Crippen LogP contribution < -0.4 is 10.6 Å². The molecule has 2 N–H and O–H groups in total. The molecule has 2 heterocycles. The maximum absolute atomic E-state index is 12.1. The maximum Gasteiger partial charge on any atom is 0.226 e. The molecule has 3 aromatic rings. The first kappa shape index (κ1) is 20.7. The van der Waals surface area contributed by atoms with Crippen molar-refractivity contribution in [1.29, 1.82) is 0 Å². The van der Waals surface area contributed by atoms with Crippen LogP contribution in [0.5, 0.6) is 0 Å². The zero-order chi connectivity index (χ0) is 20.5. The number of nitrogens with one attached hydrogen (secondary N) is 2. The highest BCUT2D eigenvalue weighted by atomic mass is 32.1. The van der Waals surface area contributed by atoms with Crippen LogP contribution in [0.4, 0.5) is 5.69 Å². The monoisotopic (exact) mass is 412 g/mol. The SMILES string of the molecule is CCCC(=O)Nc1cccc(CNC(=O)CCCc2nc(-c3cccs3)no2)c1. The van der Waals surface area contributed by atoms with Crippen LogP contribution in [0.3, 0.4) is 0 Å². The van der Waals surface area contributed by atoms with Gasteiger partial charge < -0.3 is 15.2 Å². The molecular weight excluding hydrogens is 388 g/mol. The van der Waals surface area contributed by atoms with Gasteiger partial charge in [0.2, 0.25) is 23.5 Å². The van der Waals surface area contributed by atoms with Crippen LogP contribution in [0.25, 0.3) is 10.7 Å². The largest absolute Gasteiger partial charge is 0.352 e. The van der Waals surface area contributed by atoms with E-state index in [4.69, 9.17) is 4.52 Å². The lowest BCUT2D eigenvalue weighted by atomic mass is 10.2. The Morgan fingerprint density at radius 3 is 2.83 bits per heavy atom. The standard InChI is InChI=1S/C21H24N4O3S/c1-2-6-19(27)23-16-8-3-7-15(13-16)14-22-18(26)10-4-11-20-24-21(25-28-20)17-9-5-12-29-17/h3,5,7-9,12-13H,2,4,6,10-11,14H2,1H3,(H,22,26)(H,23,27). The normalized spacial score (nSPS) is 10.7. The molecule has 2 amide bonds. The number of aryl methyl sites for hydroxylation is 1. The first-order valence-corrected chi connectivity index (χ1v) is 10.5. The van der Waals surface area contributed by atoms with Gasteiger partial charge in [0.15, 0.2) is 0 Å². The van der Waals surface area contributed by atoms with Crippen molar-refractivity contribution in [1.82, 2.24) is 15.5 Å². The number of nitrogens with zero attached hydrogens (tertiary/aromatic N) is 2. The number of thiophene rings is 1. The summed E-state index contributed by atoms with van der Waals surface area (Å²) in [7, 11) is 0. The third kappa shape index (κ3) is 6.53. The van der Waals surface area contributed by atoms with Gasteiger partial charge in [-0.1, -0.05) is 30.3 Å². The van der Waals surface area contributed by atoms with Gasteiger partial charge in [0.25, 0.3) is 0 Å². The van der Waals surface area contributed by atoms with Crippen molar-refractivity contribution in [3.63, 3.8) is 0 Å². The van der Waals surface area contributed by atoms with Gasteiger partial charge in [0.05, 0.1) is 4.88 Å². The van der Waals surface area contributed by atoms with Crippen LogP contribution in [0.2, 0.25) is 0 Å². The van der Waals surface area contributed by atoms with Gasteiger partial charge in [-0.15, -0.1) is 11.3 Å². The van der Waals surface area contributed by atoms with Crippen molar-refractivity contribution in [3.05, 3.63) is 53.2 Å². The van der Waals surface area contributed by atoms with E-state index < -0.39 is 0 Å². The lowest BCUT2D eigenvalue weighted by Crippen LogP contribution is -2.22. The molecule has 0 saturated heterocycles. The van der Waals surface area contributed by atoms with E-state index in [1.807, 2.05) is 48.7 Å². The fourth-order valence-electron chi connectivity index (χ4n) is 2.76. The van der Waals surface area contributed by atoms with Gasteiger partial charge in [-0.25, -0.2) is 0 Å². The van der Waals surface area contributed by atoms with Gasteiger partial charge >= 0.3 is 0 Å². The molecule has 0 saturated carbocycles. The Balaban J connectivity index is 1.39. The van der Waals surface area contributed by atoms with Crippen molar-refractivity contribution >= 4 is 28.8 Å². The molecule has 7 nitrogen and oxygen atoms in total. The van der Waals surface area contributed by atoms with Gasteiger partial charge in [-0.05, 0) is 42.0 Å². The molecule has 0 unspecified atom stereocenters.